The van der Waals surface area contributed by atoms with Gasteiger partial charge in [-0.1, -0.05) is 6.92 Å². The SMILES string of the molecule is CCc1nn2ccc(N3C(=O)OC[C@@H]3c3cc(F)cnc3OC)nc2c1C(=O)O. The number of carboxylic acid groups (broad SMARTS) is 1. The zero-order valence-electron chi connectivity index (χ0n) is 15.5. The molecule has 3 aromatic heterocycles. The number of nitrogens with zero attached hydrogens (tertiary/aromatic N) is 5. The van der Waals surface area contributed by atoms with E-state index in [9.17, 15) is 19.1 Å². The van der Waals surface area contributed by atoms with E-state index < -0.39 is 23.9 Å². The summed E-state index contributed by atoms with van der Waals surface area (Å²) >= 11 is 0. The predicted molar refractivity (Wildman–Crippen MR) is 96.6 cm³/mol. The van der Waals surface area contributed by atoms with Gasteiger partial charge >= 0.3 is 12.1 Å². The Kier molecular flexibility index (Phi) is 4.49. The van der Waals surface area contributed by atoms with Crippen LogP contribution in [0.25, 0.3) is 5.65 Å². The number of hydrogen-bond donors (Lipinski definition) is 1. The molecule has 150 valence electrons. The van der Waals surface area contributed by atoms with Crippen molar-refractivity contribution in [3.05, 3.63) is 47.2 Å². The zero-order valence-corrected chi connectivity index (χ0v) is 15.5. The van der Waals surface area contributed by atoms with Gasteiger partial charge in [0.15, 0.2) is 5.65 Å². The first-order chi connectivity index (χ1) is 13.9. The molecule has 1 atom stereocenters. The summed E-state index contributed by atoms with van der Waals surface area (Å²) in [7, 11) is 1.38. The number of aromatic carboxylic acids is 1. The van der Waals surface area contributed by atoms with Crippen molar-refractivity contribution in [2.24, 2.45) is 0 Å². The molecule has 1 N–H and O–H groups in total. The van der Waals surface area contributed by atoms with Crippen LogP contribution in [-0.4, -0.2) is 50.5 Å². The summed E-state index contributed by atoms with van der Waals surface area (Å²) in [5.74, 6) is -1.48. The zero-order chi connectivity index (χ0) is 20.7. The Morgan fingerprint density at radius 2 is 2.28 bits per heavy atom. The summed E-state index contributed by atoms with van der Waals surface area (Å²) in [6.45, 7) is 1.71. The summed E-state index contributed by atoms with van der Waals surface area (Å²) in [5.41, 5.74) is 0.734. The molecular weight excluding hydrogens is 385 g/mol. The second kappa shape index (κ2) is 7.00. The molecule has 0 aliphatic carbocycles. The number of carboxylic acids is 1. The summed E-state index contributed by atoms with van der Waals surface area (Å²) in [6.07, 6.45) is 2.21. The standard InChI is InChI=1S/C18H16FN5O5/c1-3-11-14(17(25)26)15-21-13(4-5-23(15)22-11)24-12(8-29-18(24)27)10-6-9(19)7-20-16(10)28-2/h4-7,12H,3,8H2,1-2H3,(H,25,26)/t12-/m1/s1. The Balaban J connectivity index is 1.85. The van der Waals surface area contributed by atoms with E-state index in [1.165, 1.54) is 34.9 Å². The number of hydrogen-bond acceptors (Lipinski definition) is 7. The smallest absolute Gasteiger partial charge is 0.416 e. The van der Waals surface area contributed by atoms with Crippen LogP contribution in [0.3, 0.4) is 0 Å². The number of rotatable bonds is 5. The van der Waals surface area contributed by atoms with Crippen LogP contribution >= 0.6 is 0 Å². The average molecular weight is 401 g/mol. The number of pyridine rings is 1. The Morgan fingerprint density at radius 1 is 1.48 bits per heavy atom. The summed E-state index contributed by atoms with van der Waals surface area (Å²) < 4.78 is 25.5. The number of aryl methyl sites for hydroxylation is 1. The lowest BCUT2D eigenvalue weighted by Gasteiger charge is -2.21. The predicted octanol–water partition coefficient (Wildman–Crippen LogP) is 2.23. The number of carbonyl (C=O) groups excluding carboxylic acids is 1. The fraction of sp³-hybridized carbons (Fsp3) is 0.278. The molecule has 0 radical (unpaired) electrons. The summed E-state index contributed by atoms with van der Waals surface area (Å²) in [6, 6.07) is 1.96. The third-order valence-corrected chi connectivity index (χ3v) is 4.61. The second-order valence-electron chi connectivity index (χ2n) is 6.25. The minimum absolute atomic E-state index is 0.0385. The maximum Gasteiger partial charge on any atom is 0.416 e. The fourth-order valence-corrected chi connectivity index (χ4v) is 3.32. The number of ether oxygens (including phenoxy) is 2. The van der Waals surface area contributed by atoms with E-state index in [1.54, 1.807) is 6.92 Å². The van der Waals surface area contributed by atoms with Crippen molar-refractivity contribution < 1.29 is 28.6 Å². The number of fused-ring (bicyclic) bond motifs is 1. The highest BCUT2D eigenvalue weighted by atomic mass is 19.1. The maximum atomic E-state index is 13.8. The number of methoxy groups -OCH3 is 1. The molecule has 0 unspecified atom stereocenters. The van der Waals surface area contributed by atoms with Gasteiger partial charge in [-0.2, -0.15) is 5.10 Å². The van der Waals surface area contributed by atoms with Crippen molar-refractivity contribution in [2.45, 2.75) is 19.4 Å². The van der Waals surface area contributed by atoms with Crippen LogP contribution in [0.2, 0.25) is 0 Å². The van der Waals surface area contributed by atoms with Crippen molar-refractivity contribution in [3.63, 3.8) is 0 Å². The number of aromatic nitrogens is 4. The number of cyclic esters (lactones) is 1. The van der Waals surface area contributed by atoms with E-state index >= 15 is 0 Å². The highest BCUT2D eigenvalue weighted by Gasteiger charge is 2.39. The molecule has 1 fully saturated rings. The van der Waals surface area contributed by atoms with Gasteiger partial charge in [-0.3, -0.25) is 4.90 Å². The van der Waals surface area contributed by atoms with Gasteiger partial charge in [0.05, 0.1) is 19.0 Å². The summed E-state index contributed by atoms with van der Waals surface area (Å²) in [4.78, 5) is 33.6. The van der Waals surface area contributed by atoms with Crippen LogP contribution in [0.15, 0.2) is 24.5 Å². The highest BCUT2D eigenvalue weighted by Crippen LogP contribution is 2.36. The molecule has 11 heteroatoms. The lowest BCUT2D eigenvalue weighted by atomic mass is 10.1. The molecule has 29 heavy (non-hydrogen) atoms. The van der Waals surface area contributed by atoms with Gasteiger partial charge in [0.1, 0.15) is 29.8 Å². The first-order valence-electron chi connectivity index (χ1n) is 8.71. The van der Waals surface area contributed by atoms with Crippen LogP contribution in [0, 0.1) is 5.82 Å². The molecule has 1 amide bonds. The van der Waals surface area contributed by atoms with Crippen molar-refractivity contribution in [1.29, 1.82) is 0 Å². The molecule has 4 heterocycles. The molecule has 0 bridgehead atoms. The van der Waals surface area contributed by atoms with Crippen LogP contribution in [-0.2, 0) is 11.2 Å². The van der Waals surface area contributed by atoms with E-state index in [0.29, 0.717) is 17.7 Å². The van der Waals surface area contributed by atoms with Crippen molar-refractivity contribution in [1.82, 2.24) is 19.6 Å². The molecule has 1 aliphatic heterocycles. The highest BCUT2D eigenvalue weighted by molar-refractivity contribution is 5.96. The number of amides is 1. The molecule has 1 aliphatic rings. The quantitative estimate of drug-likeness (QED) is 0.691. The molecule has 1 saturated heterocycles. The molecule has 0 saturated carbocycles. The van der Waals surface area contributed by atoms with E-state index in [0.717, 1.165) is 6.20 Å². The van der Waals surface area contributed by atoms with Gasteiger partial charge in [-0.15, -0.1) is 0 Å². The van der Waals surface area contributed by atoms with Crippen LogP contribution < -0.4 is 9.64 Å². The lowest BCUT2D eigenvalue weighted by Crippen LogP contribution is -2.29. The van der Waals surface area contributed by atoms with Crippen molar-refractivity contribution in [2.75, 3.05) is 18.6 Å². The Labute approximate surface area is 163 Å². The minimum atomic E-state index is -1.17. The van der Waals surface area contributed by atoms with Gasteiger partial charge in [-0.05, 0) is 18.6 Å². The van der Waals surface area contributed by atoms with E-state index in [-0.39, 0.29) is 29.5 Å². The van der Waals surface area contributed by atoms with E-state index in [4.69, 9.17) is 9.47 Å². The van der Waals surface area contributed by atoms with E-state index in [2.05, 4.69) is 15.1 Å². The van der Waals surface area contributed by atoms with Gasteiger partial charge in [-0.25, -0.2) is 28.5 Å². The lowest BCUT2D eigenvalue weighted by molar-refractivity contribution is 0.0697. The molecule has 0 aromatic carbocycles. The van der Waals surface area contributed by atoms with Gasteiger partial charge in [0.25, 0.3) is 0 Å². The normalized spacial score (nSPS) is 16.3. The first kappa shape index (κ1) is 18.6. The van der Waals surface area contributed by atoms with Crippen LogP contribution in [0.1, 0.15) is 34.6 Å². The first-order valence-corrected chi connectivity index (χ1v) is 8.71. The van der Waals surface area contributed by atoms with E-state index in [1.807, 2.05) is 0 Å². The van der Waals surface area contributed by atoms with Crippen LogP contribution in [0.4, 0.5) is 15.0 Å². The molecule has 10 nitrogen and oxygen atoms in total. The van der Waals surface area contributed by atoms with Gasteiger partial charge < -0.3 is 14.6 Å². The third-order valence-electron chi connectivity index (χ3n) is 4.61. The third kappa shape index (κ3) is 3.00. The largest absolute Gasteiger partial charge is 0.481 e. The number of carbonyl (C=O) groups is 2. The second-order valence-corrected chi connectivity index (χ2v) is 6.25. The molecule has 4 rings (SSSR count). The van der Waals surface area contributed by atoms with Crippen molar-refractivity contribution in [3.8, 4) is 5.88 Å². The number of anilines is 1. The monoisotopic (exact) mass is 401 g/mol. The fourth-order valence-electron chi connectivity index (χ4n) is 3.32. The topological polar surface area (TPSA) is 119 Å². The Hall–Kier alpha value is -3.76. The maximum absolute atomic E-state index is 13.8. The summed E-state index contributed by atoms with van der Waals surface area (Å²) in [5, 5.41) is 13.8. The van der Waals surface area contributed by atoms with Crippen LogP contribution in [0.5, 0.6) is 5.88 Å². The Bertz CT molecular complexity index is 1130. The van der Waals surface area contributed by atoms with Gasteiger partial charge in [0, 0.05) is 11.8 Å². The number of halogens is 1. The minimum Gasteiger partial charge on any atom is -0.481 e. The van der Waals surface area contributed by atoms with Crippen molar-refractivity contribution >= 4 is 23.5 Å². The average Bonchev–Trinajstić information content (AvgIpc) is 3.27. The van der Waals surface area contributed by atoms with Gasteiger partial charge in [0.2, 0.25) is 5.88 Å². The molecular formula is C18H16FN5O5. The molecule has 3 aromatic rings. The Morgan fingerprint density at radius 3 is 2.97 bits per heavy atom. The molecule has 0 spiro atoms.